The predicted molar refractivity (Wildman–Crippen MR) is 75.9 cm³/mol. The first-order chi connectivity index (χ1) is 9.76. The predicted octanol–water partition coefficient (Wildman–Crippen LogP) is 2.18. The van der Waals surface area contributed by atoms with Crippen molar-refractivity contribution in [2.45, 2.75) is 19.3 Å². The summed E-state index contributed by atoms with van der Waals surface area (Å²) in [6.45, 7) is 4.11. The molecule has 1 unspecified atom stereocenters. The summed E-state index contributed by atoms with van der Waals surface area (Å²) in [5, 5.41) is 4.98. The highest BCUT2D eigenvalue weighted by molar-refractivity contribution is 5.79. The van der Waals surface area contributed by atoms with Gasteiger partial charge in [0.2, 0.25) is 0 Å². The molecular formula is C15H20FN3O. The molecule has 20 heavy (non-hydrogen) atoms. The monoisotopic (exact) mass is 277 g/mol. The number of hydrogen-bond acceptors (Lipinski definition) is 4. The lowest BCUT2D eigenvalue weighted by Crippen LogP contribution is -2.24. The van der Waals surface area contributed by atoms with Gasteiger partial charge in [0, 0.05) is 18.0 Å². The third-order valence-corrected chi connectivity index (χ3v) is 4.10. The Morgan fingerprint density at radius 3 is 3.15 bits per heavy atom. The second-order valence-electron chi connectivity index (χ2n) is 5.56. The largest absolute Gasteiger partial charge is 0.356 e. The van der Waals surface area contributed by atoms with Crippen LogP contribution >= 0.6 is 0 Å². The maximum absolute atomic E-state index is 13.1. The molecule has 0 radical (unpaired) electrons. The molecule has 2 heterocycles. The van der Waals surface area contributed by atoms with Crippen molar-refractivity contribution in [1.82, 2.24) is 10.1 Å². The fourth-order valence-corrected chi connectivity index (χ4v) is 2.92. The minimum Gasteiger partial charge on any atom is -0.356 e. The SMILES string of the molecule is NCC1CCN(CCCc2noc3cc(F)ccc23)C1. The summed E-state index contributed by atoms with van der Waals surface area (Å²) in [5.74, 6) is 0.371. The maximum Gasteiger partial charge on any atom is 0.170 e. The lowest BCUT2D eigenvalue weighted by atomic mass is 10.1. The van der Waals surface area contributed by atoms with Gasteiger partial charge in [-0.1, -0.05) is 5.16 Å². The van der Waals surface area contributed by atoms with Crippen molar-refractivity contribution in [3.05, 3.63) is 29.7 Å². The van der Waals surface area contributed by atoms with E-state index >= 15 is 0 Å². The first-order valence-electron chi connectivity index (χ1n) is 7.22. The van der Waals surface area contributed by atoms with Crippen molar-refractivity contribution in [2.24, 2.45) is 11.7 Å². The van der Waals surface area contributed by atoms with Crippen LogP contribution in [-0.4, -0.2) is 36.2 Å². The Bertz CT molecular complexity index is 584. The standard InChI is InChI=1S/C15H20FN3O/c16-12-3-4-13-14(18-20-15(13)8-12)2-1-6-19-7-5-11(9-17)10-19/h3-4,8,11H,1-2,5-7,9-10,17H2. The topological polar surface area (TPSA) is 55.3 Å². The first kappa shape index (κ1) is 13.5. The van der Waals surface area contributed by atoms with E-state index < -0.39 is 0 Å². The van der Waals surface area contributed by atoms with E-state index in [-0.39, 0.29) is 5.82 Å². The third kappa shape index (κ3) is 2.83. The van der Waals surface area contributed by atoms with Crippen molar-refractivity contribution in [1.29, 1.82) is 0 Å². The minimum absolute atomic E-state index is 0.287. The van der Waals surface area contributed by atoms with Crippen molar-refractivity contribution in [2.75, 3.05) is 26.2 Å². The molecule has 0 amide bonds. The summed E-state index contributed by atoms with van der Waals surface area (Å²) < 4.78 is 18.2. The molecule has 1 atom stereocenters. The Balaban J connectivity index is 1.55. The van der Waals surface area contributed by atoms with E-state index in [4.69, 9.17) is 10.3 Å². The number of aryl methyl sites for hydroxylation is 1. The summed E-state index contributed by atoms with van der Waals surface area (Å²) in [6, 6.07) is 4.59. The summed E-state index contributed by atoms with van der Waals surface area (Å²) in [5.41, 5.74) is 7.15. The number of halogens is 1. The first-order valence-corrected chi connectivity index (χ1v) is 7.22. The van der Waals surface area contributed by atoms with Gasteiger partial charge in [-0.15, -0.1) is 0 Å². The van der Waals surface area contributed by atoms with Crippen LogP contribution in [-0.2, 0) is 6.42 Å². The number of rotatable bonds is 5. The fourth-order valence-electron chi connectivity index (χ4n) is 2.92. The molecule has 0 bridgehead atoms. The number of likely N-dealkylation sites (tertiary alicyclic amines) is 1. The van der Waals surface area contributed by atoms with Crippen LogP contribution in [0.25, 0.3) is 11.0 Å². The average molecular weight is 277 g/mol. The Morgan fingerprint density at radius 2 is 2.35 bits per heavy atom. The number of aromatic nitrogens is 1. The molecule has 1 fully saturated rings. The molecule has 3 rings (SSSR count). The molecule has 1 aromatic heterocycles. The smallest absolute Gasteiger partial charge is 0.170 e. The second-order valence-corrected chi connectivity index (χ2v) is 5.56. The van der Waals surface area contributed by atoms with Gasteiger partial charge in [0.25, 0.3) is 0 Å². The van der Waals surface area contributed by atoms with Crippen molar-refractivity contribution in [3.63, 3.8) is 0 Å². The Labute approximate surface area is 117 Å². The zero-order chi connectivity index (χ0) is 13.9. The van der Waals surface area contributed by atoms with E-state index in [9.17, 15) is 4.39 Å². The molecule has 1 aromatic carbocycles. The number of nitrogens with two attached hydrogens (primary N) is 1. The molecule has 2 aromatic rings. The van der Waals surface area contributed by atoms with Crippen LogP contribution in [0, 0.1) is 11.7 Å². The van der Waals surface area contributed by atoms with Crippen LogP contribution in [0.5, 0.6) is 0 Å². The average Bonchev–Trinajstić information content (AvgIpc) is 3.06. The van der Waals surface area contributed by atoms with Crippen LogP contribution in [0.3, 0.4) is 0 Å². The van der Waals surface area contributed by atoms with E-state index in [1.54, 1.807) is 6.07 Å². The highest BCUT2D eigenvalue weighted by Gasteiger charge is 2.20. The molecule has 0 spiro atoms. The summed E-state index contributed by atoms with van der Waals surface area (Å²) >= 11 is 0. The van der Waals surface area contributed by atoms with Gasteiger partial charge >= 0.3 is 0 Å². The molecule has 4 nitrogen and oxygen atoms in total. The molecule has 1 aliphatic heterocycles. The van der Waals surface area contributed by atoms with Crippen molar-refractivity contribution >= 4 is 11.0 Å². The van der Waals surface area contributed by atoms with Gasteiger partial charge in [0.05, 0.1) is 5.69 Å². The van der Waals surface area contributed by atoms with Gasteiger partial charge in [-0.05, 0) is 56.9 Å². The highest BCUT2D eigenvalue weighted by atomic mass is 19.1. The van der Waals surface area contributed by atoms with Crippen LogP contribution in [0.4, 0.5) is 4.39 Å². The Kier molecular flexibility index (Phi) is 3.98. The van der Waals surface area contributed by atoms with Gasteiger partial charge in [0.15, 0.2) is 5.58 Å². The van der Waals surface area contributed by atoms with Crippen LogP contribution < -0.4 is 5.73 Å². The van der Waals surface area contributed by atoms with E-state index in [1.807, 2.05) is 0 Å². The zero-order valence-corrected chi connectivity index (χ0v) is 11.5. The summed E-state index contributed by atoms with van der Waals surface area (Å²) in [6.07, 6.45) is 3.11. The van der Waals surface area contributed by atoms with E-state index in [0.29, 0.717) is 11.5 Å². The molecule has 2 N–H and O–H groups in total. The highest BCUT2D eigenvalue weighted by Crippen LogP contribution is 2.21. The normalized spacial score (nSPS) is 20.0. The van der Waals surface area contributed by atoms with Crippen molar-refractivity contribution in [3.8, 4) is 0 Å². The lowest BCUT2D eigenvalue weighted by Gasteiger charge is -2.14. The van der Waals surface area contributed by atoms with Gasteiger partial charge in [-0.3, -0.25) is 0 Å². The molecule has 108 valence electrons. The van der Waals surface area contributed by atoms with Crippen molar-refractivity contribution < 1.29 is 8.91 Å². The van der Waals surface area contributed by atoms with E-state index in [0.717, 1.165) is 50.1 Å². The number of nitrogens with zero attached hydrogens (tertiary/aromatic N) is 2. The lowest BCUT2D eigenvalue weighted by molar-refractivity contribution is 0.319. The number of benzene rings is 1. The number of hydrogen-bond donors (Lipinski definition) is 1. The van der Waals surface area contributed by atoms with Gasteiger partial charge < -0.3 is 15.2 Å². The summed E-state index contributed by atoms with van der Waals surface area (Å²) in [4.78, 5) is 2.46. The van der Waals surface area contributed by atoms with Crippen LogP contribution in [0.1, 0.15) is 18.5 Å². The Morgan fingerprint density at radius 1 is 1.45 bits per heavy atom. The van der Waals surface area contributed by atoms with Crippen LogP contribution in [0.2, 0.25) is 0 Å². The van der Waals surface area contributed by atoms with Gasteiger partial charge in [-0.25, -0.2) is 4.39 Å². The molecule has 1 aliphatic rings. The number of fused-ring (bicyclic) bond motifs is 1. The van der Waals surface area contributed by atoms with Gasteiger partial charge in [0.1, 0.15) is 5.82 Å². The van der Waals surface area contributed by atoms with Gasteiger partial charge in [-0.2, -0.15) is 0 Å². The third-order valence-electron chi connectivity index (χ3n) is 4.10. The molecular weight excluding hydrogens is 257 g/mol. The second kappa shape index (κ2) is 5.89. The minimum atomic E-state index is -0.287. The molecule has 0 saturated carbocycles. The molecule has 0 aliphatic carbocycles. The quantitative estimate of drug-likeness (QED) is 0.910. The van der Waals surface area contributed by atoms with E-state index in [2.05, 4.69) is 10.1 Å². The maximum atomic E-state index is 13.1. The summed E-state index contributed by atoms with van der Waals surface area (Å²) in [7, 11) is 0. The molecule has 5 heteroatoms. The molecule has 1 saturated heterocycles. The van der Waals surface area contributed by atoms with Crippen LogP contribution in [0.15, 0.2) is 22.7 Å². The zero-order valence-electron chi connectivity index (χ0n) is 11.5. The van der Waals surface area contributed by atoms with E-state index in [1.165, 1.54) is 18.6 Å². The fraction of sp³-hybridized carbons (Fsp3) is 0.533. The Hall–Kier alpha value is -1.46.